The summed E-state index contributed by atoms with van der Waals surface area (Å²) in [6, 6.07) is 0. The van der Waals surface area contributed by atoms with Crippen molar-refractivity contribution in [2.75, 3.05) is 19.6 Å². The van der Waals surface area contributed by atoms with Crippen molar-refractivity contribution in [3.63, 3.8) is 0 Å². The fourth-order valence-electron chi connectivity index (χ4n) is 1.95. The molecule has 0 bridgehead atoms. The van der Waals surface area contributed by atoms with E-state index in [2.05, 4.69) is 4.74 Å². The first-order chi connectivity index (χ1) is 8.98. The number of ether oxygens (including phenoxy) is 2. The Morgan fingerprint density at radius 3 is 2.47 bits per heavy atom. The van der Waals surface area contributed by atoms with Crippen molar-refractivity contribution in [2.24, 2.45) is 0 Å². The zero-order valence-electron chi connectivity index (χ0n) is 11.3. The van der Waals surface area contributed by atoms with Crippen LogP contribution in [0.5, 0.6) is 0 Å². The molecule has 0 radical (unpaired) electrons. The first-order valence-electron chi connectivity index (χ1n) is 6.38. The van der Waals surface area contributed by atoms with E-state index in [9.17, 15) is 13.2 Å². The third-order valence-corrected chi connectivity index (χ3v) is 6.56. The van der Waals surface area contributed by atoms with Crippen LogP contribution >= 0.6 is 11.9 Å². The smallest absolute Gasteiger partial charge is 0.435 e. The van der Waals surface area contributed by atoms with Crippen LogP contribution in [0.3, 0.4) is 0 Å². The summed E-state index contributed by atoms with van der Waals surface area (Å²) in [6.07, 6.45) is 3.68. The fourth-order valence-corrected chi connectivity index (χ4v) is 4.68. The summed E-state index contributed by atoms with van der Waals surface area (Å²) in [5.41, 5.74) is 0. The molecule has 1 aliphatic carbocycles. The first kappa shape index (κ1) is 16.6. The Bertz CT molecular complexity index is 379. The number of hydrogen-bond donors (Lipinski definition) is 0. The van der Waals surface area contributed by atoms with E-state index in [1.807, 2.05) is 0 Å². The van der Waals surface area contributed by atoms with Crippen LogP contribution in [0.15, 0.2) is 0 Å². The lowest BCUT2D eigenvalue weighted by molar-refractivity contribution is 0.0727. The lowest BCUT2D eigenvalue weighted by Gasteiger charge is -2.26. The molecular formula is C11H21NO5S2. The third-order valence-electron chi connectivity index (χ3n) is 3.01. The Kier molecular flexibility index (Phi) is 6.95. The van der Waals surface area contributed by atoms with Gasteiger partial charge in [-0.05, 0) is 31.7 Å². The van der Waals surface area contributed by atoms with Gasteiger partial charge in [0.15, 0.2) is 5.94 Å². The Hall–Kier alpha value is -0.470. The van der Waals surface area contributed by atoms with E-state index in [4.69, 9.17) is 4.74 Å². The molecule has 6 nitrogen and oxygen atoms in total. The second-order valence-electron chi connectivity index (χ2n) is 4.29. The van der Waals surface area contributed by atoms with Crippen LogP contribution in [0.4, 0.5) is 4.79 Å². The van der Waals surface area contributed by atoms with Crippen molar-refractivity contribution in [3.8, 4) is 0 Å². The van der Waals surface area contributed by atoms with Gasteiger partial charge in [0, 0.05) is 7.05 Å². The highest BCUT2D eigenvalue weighted by Crippen LogP contribution is 2.28. The molecule has 0 spiro atoms. The molecule has 8 heteroatoms. The van der Waals surface area contributed by atoms with Crippen molar-refractivity contribution >= 4 is 28.1 Å². The molecule has 0 N–H and O–H groups in total. The fraction of sp³-hybridized carbons (Fsp3) is 0.909. The van der Waals surface area contributed by atoms with Gasteiger partial charge in [-0.15, -0.1) is 3.71 Å². The topological polar surface area (TPSA) is 72.9 Å². The van der Waals surface area contributed by atoms with E-state index in [1.165, 1.54) is 10.8 Å². The van der Waals surface area contributed by atoms with Crippen molar-refractivity contribution in [1.82, 2.24) is 3.71 Å². The molecule has 0 aromatic heterocycles. The van der Waals surface area contributed by atoms with Crippen LogP contribution in [0, 0.1) is 0 Å². The highest BCUT2D eigenvalue weighted by atomic mass is 32.3. The van der Waals surface area contributed by atoms with Crippen molar-refractivity contribution < 1.29 is 22.7 Å². The molecule has 0 unspecified atom stereocenters. The lowest BCUT2D eigenvalue weighted by atomic mass is 10.0. The van der Waals surface area contributed by atoms with Gasteiger partial charge < -0.3 is 9.47 Å². The largest absolute Gasteiger partial charge is 0.509 e. The minimum absolute atomic E-state index is 0.0682. The second-order valence-corrected chi connectivity index (χ2v) is 7.81. The maximum atomic E-state index is 12.2. The summed E-state index contributed by atoms with van der Waals surface area (Å²) in [5, 5.41) is -0.304. The van der Waals surface area contributed by atoms with E-state index in [0.717, 1.165) is 31.2 Å². The zero-order valence-corrected chi connectivity index (χ0v) is 13.0. The average molecular weight is 311 g/mol. The van der Waals surface area contributed by atoms with E-state index in [-0.39, 0.29) is 17.8 Å². The summed E-state index contributed by atoms with van der Waals surface area (Å²) >= 11 is 0.953. The van der Waals surface area contributed by atoms with E-state index < -0.39 is 16.2 Å². The van der Waals surface area contributed by atoms with E-state index in [1.54, 1.807) is 6.92 Å². The summed E-state index contributed by atoms with van der Waals surface area (Å²) in [5.74, 6) is -0.0682. The molecule has 0 saturated heterocycles. The first-order valence-corrected chi connectivity index (χ1v) is 8.83. The van der Waals surface area contributed by atoms with Crippen LogP contribution in [0.1, 0.15) is 39.0 Å². The van der Waals surface area contributed by atoms with Gasteiger partial charge >= 0.3 is 6.16 Å². The molecule has 0 aromatic carbocycles. The van der Waals surface area contributed by atoms with E-state index >= 15 is 0 Å². The average Bonchev–Trinajstić information content (AvgIpc) is 2.40. The van der Waals surface area contributed by atoms with Gasteiger partial charge in [-0.1, -0.05) is 19.3 Å². The third kappa shape index (κ3) is 5.19. The summed E-state index contributed by atoms with van der Waals surface area (Å²) in [6.45, 7) is 1.91. The van der Waals surface area contributed by atoms with Crippen LogP contribution in [0.25, 0.3) is 0 Å². The second kappa shape index (κ2) is 7.96. The molecule has 0 atom stereocenters. The van der Waals surface area contributed by atoms with Crippen LogP contribution < -0.4 is 0 Å². The lowest BCUT2D eigenvalue weighted by Crippen LogP contribution is -2.33. The number of sulfonamides is 1. The molecule has 0 heterocycles. The summed E-state index contributed by atoms with van der Waals surface area (Å²) < 4.78 is 35.0. The summed E-state index contributed by atoms with van der Waals surface area (Å²) in [4.78, 5) is 11.0. The molecular weight excluding hydrogens is 290 g/mol. The predicted molar refractivity (Wildman–Crippen MR) is 74.1 cm³/mol. The van der Waals surface area contributed by atoms with Gasteiger partial charge in [0.1, 0.15) is 0 Å². The maximum absolute atomic E-state index is 12.2. The highest BCUT2D eigenvalue weighted by Gasteiger charge is 2.31. The molecule has 1 rings (SSSR count). The number of carbonyl (C=O) groups excluding carboxylic acids is 1. The minimum Gasteiger partial charge on any atom is -0.435 e. The van der Waals surface area contributed by atoms with Crippen molar-refractivity contribution in [1.29, 1.82) is 0 Å². The van der Waals surface area contributed by atoms with Gasteiger partial charge in [-0.2, -0.15) is 0 Å². The minimum atomic E-state index is -3.31. The van der Waals surface area contributed by atoms with Crippen LogP contribution in [-0.4, -0.2) is 43.1 Å². The maximum Gasteiger partial charge on any atom is 0.509 e. The molecule has 112 valence electrons. The Labute approximate surface area is 119 Å². The molecule has 19 heavy (non-hydrogen) atoms. The Morgan fingerprint density at radius 2 is 1.89 bits per heavy atom. The van der Waals surface area contributed by atoms with Gasteiger partial charge in [0.25, 0.3) is 0 Å². The standard InChI is InChI=1S/C11H21NO5S2/c1-3-16-11(13)17-9-18-12(2)19(14,15)10-7-5-4-6-8-10/h10H,3-9H2,1-2H3. The highest BCUT2D eigenvalue weighted by molar-refractivity contribution is 8.08. The van der Waals surface area contributed by atoms with Crippen molar-refractivity contribution in [2.45, 2.75) is 44.3 Å². The number of hydrogen-bond acceptors (Lipinski definition) is 6. The number of rotatable bonds is 6. The Morgan fingerprint density at radius 1 is 1.26 bits per heavy atom. The SMILES string of the molecule is CCOC(=O)OCSN(C)S(=O)(=O)C1CCCCC1. The Balaban J connectivity index is 2.38. The van der Waals surface area contributed by atoms with E-state index in [0.29, 0.717) is 12.8 Å². The molecule has 0 amide bonds. The number of carbonyl (C=O) groups is 1. The van der Waals surface area contributed by atoms with Crippen molar-refractivity contribution in [3.05, 3.63) is 0 Å². The number of nitrogens with zero attached hydrogens (tertiary/aromatic N) is 1. The predicted octanol–water partition coefficient (Wildman–Crippen LogP) is 2.36. The van der Waals surface area contributed by atoms with Gasteiger partial charge in [0.05, 0.1) is 11.9 Å². The van der Waals surface area contributed by atoms with Gasteiger partial charge in [-0.3, -0.25) is 0 Å². The monoisotopic (exact) mass is 311 g/mol. The molecule has 1 saturated carbocycles. The van der Waals surface area contributed by atoms with Gasteiger partial charge in [0.2, 0.25) is 10.0 Å². The zero-order chi connectivity index (χ0) is 14.3. The summed E-state index contributed by atoms with van der Waals surface area (Å²) in [7, 11) is -1.82. The molecule has 1 fully saturated rings. The van der Waals surface area contributed by atoms with Crippen LogP contribution in [-0.2, 0) is 19.5 Å². The van der Waals surface area contributed by atoms with Gasteiger partial charge in [-0.25, -0.2) is 13.2 Å². The molecule has 0 aromatic rings. The molecule has 1 aliphatic rings. The molecule has 0 aliphatic heterocycles. The van der Waals surface area contributed by atoms with Crippen LogP contribution in [0.2, 0.25) is 0 Å². The quantitative estimate of drug-likeness (QED) is 0.426. The normalized spacial score (nSPS) is 17.4.